The zero-order chi connectivity index (χ0) is 20.4. The normalized spacial score (nSPS) is 19.7. The van der Waals surface area contributed by atoms with Crippen LogP contribution in [0.15, 0.2) is 4.99 Å². The van der Waals surface area contributed by atoms with Crippen LogP contribution in [0, 0.1) is 5.92 Å². The van der Waals surface area contributed by atoms with Crippen molar-refractivity contribution in [1.29, 1.82) is 0 Å². The number of hydrogen-bond acceptors (Lipinski definition) is 4. The molecule has 3 N–H and O–H groups in total. The van der Waals surface area contributed by atoms with Crippen molar-refractivity contribution in [1.82, 2.24) is 10.2 Å². The molecule has 0 bridgehead atoms. The Hall–Kier alpha value is -1.59. The lowest BCUT2D eigenvalue weighted by molar-refractivity contribution is -0.131. The Morgan fingerprint density at radius 1 is 1.14 bits per heavy atom. The SMILES string of the molecule is CCCCC1(CCCC)N=C(N)N(CCCNC(=O)CC2CCCCC2)C1=O. The summed E-state index contributed by atoms with van der Waals surface area (Å²) < 4.78 is 0. The summed E-state index contributed by atoms with van der Waals surface area (Å²) in [7, 11) is 0. The summed E-state index contributed by atoms with van der Waals surface area (Å²) in [6.45, 7) is 5.37. The number of amides is 2. The summed E-state index contributed by atoms with van der Waals surface area (Å²) >= 11 is 0. The van der Waals surface area contributed by atoms with E-state index in [1.54, 1.807) is 4.90 Å². The highest BCUT2D eigenvalue weighted by Gasteiger charge is 2.46. The van der Waals surface area contributed by atoms with E-state index in [0.717, 1.165) is 38.5 Å². The fraction of sp³-hybridized carbons (Fsp3) is 0.864. The molecular formula is C22H40N4O2. The van der Waals surface area contributed by atoms with Crippen molar-refractivity contribution >= 4 is 17.8 Å². The molecule has 0 atom stereocenters. The second-order valence-corrected chi connectivity index (χ2v) is 8.58. The van der Waals surface area contributed by atoms with Gasteiger partial charge in [0.15, 0.2) is 5.96 Å². The molecule has 0 radical (unpaired) electrons. The van der Waals surface area contributed by atoms with Crippen LogP contribution >= 0.6 is 0 Å². The molecule has 0 spiro atoms. The van der Waals surface area contributed by atoms with E-state index in [2.05, 4.69) is 24.2 Å². The first-order valence-corrected chi connectivity index (χ1v) is 11.5. The van der Waals surface area contributed by atoms with Gasteiger partial charge in [0.05, 0.1) is 0 Å². The molecule has 0 aromatic carbocycles. The summed E-state index contributed by atoms with van der Waals surface area (Å²) in [5.41, 5.74) is 5.47. The van der Waals surface area contributed by atoms with E-state index >= 15 is 0 Å². The van der Waals surface area contributed by atoms with Crippen LogP contribution in [0.4, 0.5) is 0 Å². The van der Waals surface area contributed by atoms with E-state index in [-0.39, 0.29) is 11.8 Å². The third-order valence-electron chi connectivity index (χ3n) is 6.22. The number of rotatable bonds is 12. The molecular weight excluding hydrogens is 352 g/mol. The molecule has 1 heterocycles. The lowest BCUT2D eigenvalue weighted by Crippen LogP contribution is -2.45. The van der Waals surface area contributed by atoms with E-state index < -0.39 is 5.54 Å². The fourth-order valence-corrected chi connectivity index (χ4v) is 4.48. The van der Waals surface area contributed by atoms with Crippen LogP contribution in [0.2, 0.25) is 0 Å². The topological polar surface area (TPSA) is 87.8 Å². The molecule has 1 aliphatic heterocycles. The molecule has 2 rings (SSSR count). The maximum atomic E-state index is 13.1. The van der Waals surface area contributed by atoms with E-state index in [0.29, 0.717) is 37.8 Å². The molecule has 6 heteroatoms. The van der Waals surface area contributed by atoms with Crippen molar-refractivity contribution < 1.29 is 9.59 Å². The average molecular weight is 393 g/mol. The molecule has 1 aliphatic carbocycles. The predicted octanol–water partition coefficient (Wildman–Crippen LogP) is 3.74. The highest BCUT2D eigenvalue weighted by Crippen LogP contribution is 2.33. The van der Waals surface area contributed by atoms with Crippen LogP contribution in [-0.2, 0) is 9.59 Å². The third kappa shape index (κ3) is 6.21. The number of aliphatic imine (C=N–C) groups is 1. The predicted molar refractivity (Wildman–Crippen MR) is 114 cm³/mol. The van der Waals surface area contributed by atoms with Crippen LogP contribution in [-0.4, -0.2) is 41.3 Å². The second-order valence-electron chi connectivity index (χ2n) is 8.58. The molecule has 0 saturated heterocycles. The smallest absolute Gasteiger partial charge is 0.257 e. The summed E-state index contributed by atoms with van der Waals surface area (Å²) in [6.07, 6.45) is 13.1. The number of nitrogens with two attached hydrogens (primary N) is 1. The van der Waals surface area contributed by atoms with Gasteiger partial charge >= 0.3 is 0 Å². The van der Waals surface area contributed by atoms with Gasteiger partial charge in [-0.1, -0.05) is 58.8 Å². The highest BCUT2D eigenvalue weighted by molar-refractivity contribution is 6.06. The zero-order valence-corrected chi connectivity index (χ0v) is 18.0. The minimum atomic E-state index is -0.652. The van der Waals surface area contributed by atoms with Gasteiger partial charge in [0, 0.05) is 19.5 Å². The molecule has 2 amide bonds. The largest absolute Gasteiger partial charge is 0.369 e. The van der Waals surface area contributed by atoms with Crippen molar-refractivity contribution in [2.45, 2.75) is 103 Å². The Bertz CT molecular complexity index is 533. The maximum absolute atomic E-state index is 13.1. The first-order chi connectivity index (χ1) is 13.5. The van der Waals surface area contributed by atoms with Crippen molar-refractivity contribution in [3.63, 3.8) is 0 Å². The number of guanidine groups is 1. The number of nitrogens with one attached hydrogen (secondary N) is 1. The van der Waals surface area contributed by atoms with Gasteiger partial charge < -0.3 is 11.1 Å². The van der Waals surface area contributed by atoms with Gasteiger partial charge in [0.2, 0.25) is 5.91 Å². The summed E-state index contributed by atoms with van der Waals surface area (Å²) in [5, 5.41) is 3.02. The molecule has 0 aromatic heterocycles. The standard InChI is InChI=1S/C22H40N4O2/c1-3-5-13-22(14-6-4-2)20(28)26(21(23)25-22)16-10-15-24-19(27)17-18-11-8-7-9-12-18/h18H,3-17H2,1-2H3,(H2,23,25)(H,24,27). The van der Waals surface area contributed by atoms with Crippen molar-refractivity contribution in [3.05, 3.63) is 0 Å². The number of nitrogens with zero attached hydrogens (tertiary/aromatic N) is 2. The van der Waals surface area contributed by atoms with Crippen molar-refractivity contribution in [2.24, 2.45) is 16.6 Å². The third-order valence-corrected chi connectivity index (χ3v) is 6.22. The Morgan fingerprint density at radius 3 is 2.39 bits per heavy atom. The second kappa shape index (κ2) is 11.4. The highest BCUT2D eigenvalue weighted by atomic mass is 16.2. The minimum absolute atomic E-state index is 0.0560. The molecule has 28 heavy (non-hydrogen) atoms. The first-order valence-electron chi connectivity index (χ1n) is 11.5. The average Bonchev–Trinajstić information content (AvgIpc) is 2.93. The quantitative estimate of drug-likeness (QED) is 0.496. The van der Waals surface area contributed by atoms with Gasteiger partial charge in [-0.3, -0.25) is 14.5 Å². The fourth-order valence-electron chi connectivity index (χ4n) is 4.48. The Kier molecular flexibility index (Phi) is 9.26. The Balaban J connectivity index is 1.77. The van der Waals surface area contributed by atoms with Crippen LogP contribution in [0.25, 0.3) is 0 Å². The summed E-state index contributed by atoms with van der Waals surface area (Å²) in [6, 6.07) is 0. The Labute approximate surface area is 170 Å². The molecule has 1 saturated carbocycles. The molecule has 0 unspecified atom stereocenters. The number of carbonyl (C=O) groups is 2. The van der Waals surface area contributed by atoms with E-state index in [9.17, 15) is 9.59 Å². The molecule has 160 valence electrons. The van der Waals surface area contributed by atoms with Crippen molar-refractivity contribution in [3.8, 4) is 0 Å². The molecule has 2 aliphatic rings. The number of hydrogen-bond donors (Lipinski definition) is 2. The van der Waals surface area contributed by atoms with Crippen LogP contribution in [0.1, 0.15) is 97.3 Å². The summed E-state index contributed by atoms with van der Waals surface area (Å²) in [5.74, 6) is 1.10. The monoisotopic (exact) mass is 392 g/mol. The lowest BCUT2D eigenvalue weighted by Gasteiger charge is -2.26. The lowest BCUT2D eigenvalue weighted by atomic mass is 9.87. The van der Waals surface area contributed by atoms with Crippen molar-refractivity contribution in [2.75, 3.05) is 13.1 Å². The molecule has 1 fully saturated rings. The van der Waals surface area contributed by atoms with Gasteiger partial charge in [0.1, 0.15) is 5.54 Å². The van der Waals surface area contributed by atoms with Crippen LogP contribution in [0.3, 0.4) is 0 Å². The van der Waals surface area contributed by atoms with E-state index in [1.807, 2.05) is 0 Å². The van der Waals surface area contributed by atoms with Gasteiger partial charge in [-0.05, 0) is 38.0 Å². The Morgan fingerprint density at radius 2 is 1.79 bits per heavy atom. The van der Waals surface area contributed by atoms with Gasteiger partial charge in [0.25, 0.3) is 5.91 Å². The summed E-state index contributed by atoms with van der Waals surface area (Å²) in [4.78, 5) is 31.5. The van der Waals surface area contributed by atoms with Crippen LogP contribution < -0.4 is 11.1 Å². The number of unbranched alkanes of at least 4 members (excludes halogenated alkanes) is 2. The molecule has 0 aromatic rings. The number of carbonyl (C=O) groups excluding carboxylic acids is 2. The van der Waals surface area contributed by atoms with Crippen LogP contribution in [0.5, 0.6) is 0 Å². The van der Waals surface area contributed by atoms with Gasteiger partial charge in [-0.15, -0.1) is 0 Å². The molecule has 6 nitrogen and oxygen atoms in total. The van der Waals surface area contributed by atoms with Gasteiger partial charge in [-0.2, -0.15) is 0 Å². The minimum Gasteiger partial charge on any atom is -0.369 e. The van der Waals surface area contributed by atoms with E-state index in [1.165, 1.54) is 32.1 Å². The maximum Gasteiger partial charge on any atom is 0.257 e. The first kappa shape index (κ1) is 22.7. The van der Waals surface area contributed by atoms with E-state index in [4.69, 9.17) is 5.73 Å². The van der Waals surface area contributed by atoms with Gasteiger partial charge in [-0.25, -0.2) is 4.99 Å². The zero-order valence-electron chi connectivity index (χ0n) is 18.0.